The number of piperidine rings is 1. The predicted octanol–water partition coefficient (Wildman–Crippen LogP) is 4.49. The maximum Gasteiger partial charge on any atom is 0.115 e. The molecule has 1 aromatic carbocycles. The zero-order valence-electron chi connectivity index (χ0n) is 14.0. The summed E-state index contributed by atoms with van der Waals surface area (Å²) in [5, 5.41) is 9.91. The molecule has 1 aliphatic heterocycles. The largest absolute Gasteiger partial charge is 0.508 e. The van der Waals surface area contributed by atoms with Crippen molar-refractivity contribution in [1.29, 1.82) is 0 Å². The Hall–Kier alpha value is -1.28. The van der Waals surface area contributed by atoms with E-state index in [0.29, 0.717) is 11.2 Å². The van der Waals surface area contributed by atoms with Crippen molar-refractivity contribution in [2.45, 2.75) is 51.4 Å². The lowest BCUT2D eigenvalue weighted by Crippen LogP contribution is -2.51. The van der Waals surface area contributed by atoms with E-state index in [1.54, 1.807) is 6.07 Å². The number of phenols is 1. The third-order valence-corrected chi connectivity index (χ3v) is 5.74. The lowest BCUT2D eigenvalue weighted by molar-refractivity contribution is 0.0626. The van der Waals surface area contributed by atoms with Crippen LogP contribution in [0.25, 0.3) is 0 Å². The van der Waals surface area contributed by atoms with Crippen LogP contribution in [0.5, 0.6) is 5.75 Å². The van der Waals surface area contributed by atoms with Crippen molar-refractivity contribution in [3.63, 3.8) is 0 Å². The van der Waals surface area contributed by atoms with Crippen molar-refractivity contribution in [3.8, 4) is 5.75 Å². The molecule has 1 heterocycles. The number of aromatic hydroxyl groups is 1. The van der Waals surface area contributed by atoms with Crippen LogP contribution in [0.15, 0.2) is 35.9 Å². The molecule has 3 rings (SSSR count). The quantitative estimate of drug-likeness (QED) is 0.831. The van der Waals surface area contributed by atoms with Gasteiger partial charge in [-0.1, -0.05) is 36.6 Å². The second-order valence-electron chi connectivity index (χ2n) is 7.44. The smallest absolute Gasteiger partial charge is 0.115 e. The van der Waals surface area contributed by atoms with E-state index in [4.69, 9.17) is 0 Å². The van der Waals surface area contributed by atoms with Gasteiger partial charge in [-0.15, -0.1) is 0 Å². The Morgan fingerprint density at radius 1 is 1.32 bits per heavy atom. The van der Waals surface area contributed by atoms with Crippen molar-refractivity contribution >= 4 is 0 Å². The minimum Gasteiger partial charge on any atom is -0.508 e. The summed E-state index contributed by atoms with van der Waals surface area (Å²) in [7, 11) is 0. The molecule has 1 aliphatic carbocycles. The lowest BCUT2D eigenvalue weighted by atomic mass is 9.59. The van der Waals surface area contributed by atoms with Gasteiger partial charge >= 0.3 is 0 Å². The maximum absolute atomic E-state index is 9.91. The highest BCUT2D eigenvalue weighted by atomic mass is 16.3. The molecule has 2 nitrogen and oxygen atoms in total. The van der Waals surface area contributed by atoms with Gasteiger partial charge in [-0.05, 0) is 63.3 Å². The minimum atomic E-state index is 0.304. The second-order valence-corrected chi connectivity index (χ2v) is 7.44. The Balaban J connectivity index is 1.82. The fraction of sp³-hybridized carbons (Fsp3) is 0.600. The summed E-state index contributed by atoms with van der Waals surface area (Å²) in [5.74, 6) is 1.16. The molecule has 2 aliphatic rings. The lowest BCUT2D eigenvalue weighted by Gasteiger charge is -2.51. The molecular formula is C20H29NO. The molecule has 2 heteroatoms. The van der Waals surface area contributed by atoms with Crippen LogP contribution in [0.3, 0.4) is 0 Å². The number of phenolic OH excluding ortho intramolecular Hbond substituents is 1. The average molecular weight is 299 g/mol. The van der Waals surface area contributed by atoms with Gasteiger partial charge in [0.05, 0.1) is 0 Å². The van der Waals surface area contributed by atoms with Crippen molar-refractivity contribution < 1.29 is 5.11 Å². The summed E-state index contributed by atoms with van der Waals surface area (Å²) >= 11 is 0. The summed E-state index contributed by atoms with van der Waals surface area (Å²) in [6, 6.07) is 8.07. The predicted molar refractivity (Wildman–Crippen MR) is 92.2 cm³/mol. The maximum atomic E-state index is 9.91. The third-order valence-electron chi connectivity index (χ3n) is 5.74. The Bertz CT molecular complexity index is 546. The van der Waals surface area contributed by atoms with Crippen LogP contribution in [0.2, 0.25) is 0 Å². The van der Waals surface area contributed by atoms with E-state index in [1.807, 2.05) is 12.1 Å². The van der Waals surface area contributed by atoms with E-state index in [1.165, 1.54) is 56.3 Å². The van der Waals surface area contributed by atoms with Gasteiger partial charge in [0.25, 0.3) is 0 Å². The van der Waals surface area contributed by atoms with Crippen molar-refractivity contribution in [2.24, 2.45) is 5.92 Å². The normalized spacial score (nSPS) is 28.9. The molecule has 0 aromatic heterocycles. The highest BCUT2D eigenvalue weighted by molar-refractivity contribution is 5.35. The standard InChI is InChI=1S/C20H29NO/c1-16(2)9-12-21-13-11-20(10-4-3-6-18(20)15-21)17-7-5-8-19(22)14-17/h5,7-9,14,18,22H,3-4,6,10-13,15H2,1-2H3. The van der Waals surface area contributed by atoms with Crippen LogP contribution >= 0.6 is 0 Å². The van der Waals surface area contributed by atoms with Crippen LogP contribution in [0.1, 0.15) is 51.5 Å². The van der Waals surface area contributed by atoms with E-state index >= 15 is 0 Å². The molecule has 1 aromatic rings. The molecule has 1 saturated heterocycles. The topological polar surface area (TPSA) is 23.5 Å². The number of nitrogens with zero attached hydrogens (tertiary/aromatic N) is 1. The van der Waals surface area contributed by atoms with Crippen LogP contribution in [-0.2, 0) is 5.41 Å². The molecule has 120 valence electrons. The molecule has 2 fully saturated rings. The fourth-order valence-electron chi connectivity index (χ4n) is 4.48. The number of likely N-dealkylation sites (tertiary alicyclic amines) is 1. The Morgan fingerprint density at radius 2 is 2.18 bits per heavy atom. The van der Waals surface area contributed by atoms with Crippen LogP contribution < -0.4 is 0 Å². The number of benzene rings is 1. The Kier molecular flexibility index (Phi) is 4.58. The molecule has 0 bridgehead atoms. The third kappa shape index (κ3) is 3.08. The first-order chi connectivity index (χ1) is 10.6. The van der Waals surface area contributed by atoms with Gasteiger partial charge in [0.15, 0.2) is 0 Å². The zero-order valence-corrected chi connectivity index (χ0v) is 14.0. The SMILES string of the molecule is CC(C)=CCN1CCC2(c3cccc(O)c3)CCCCC2C1. The summed E-state index contributed by atoms with van der Waals surface area (Å²) in [5.41, 5.74) is 3.09. The van der Waals surface area contributed by atoms with Crippen LogP contribution in [-0.4, -0.2) is 29.6 Å². The molecule has 2 atom stereocenters. The van der Waals surface area contributed by atoms with E-state index in [0.717, 1.165) is 12.5 Å². The van der Waals surface area contributed by atoms with Gasteiger partial charge in [-0.25, -0.2) is 0 Å². The molecule has 22 heavy (non-hydrogen) atoms. The number of allylic oxidation sites excluding steroid dienone is 1. The minimum absolute atomic E-state index is 0.304. The summed E-state index contributed by atoms with van der Waals surface area (Å²) in [4.78, 5) is 2.62. The van der Waals surface area contributed by atoms with Gasteiger partial charge in [-0.3, -0.25) is 4.90 Å². The van der Waals surface area contributed by atoms with E-state index in [-0.39, 0.29) is 0 Å². The number of rotatable bonds is 3. The van der Waals surface area contributed by atoms with E-state index in [2.05, 4.69) is 30.9 Å². The Labute approximate surface area is 134 Å². The molecule has 1 saturated carbocycles. The molecule has 0 amide bonds. The first kappa shape index (κ1) is 15.6. The van der Waals surface area contributed by atoms with Gasteiger partial charge in [0.1, 0.15) is 5.75 Å². The van der Waals surface area contributed by atoms with Crippen molar-refractivity contribution in [2.75, 3.05) is 19.6 Å². The number of hydrogen-bond donors (Lipinski definition) is 1. The molecule has 1 N–H and O–H groups in total. The Morgan fingerprint density at radius 3 is 2.95 bits per heavy atom. The van der Waals surface area contributed by atoms with E-state index in [9.17, 15) is 5.11 Å². The van der Waals surface area contributed by atoms with E-state index < -0.39 is 0 Å². The average Bonchev–Trinajstić information content (AvgIpc) is 2.52. The van der Waals surface area contributed by atoms with Crippen LogP contribution in [0.4, 0.5) is 0 Å². The van der Waals surface area contributed by atoms with Crippen LogP contribution in [0, 0.1) is 5.92 Å². The number of hydrogen-bond acceptors (Lipinski definition) is 2. The summed E-state index contributed by atoms with van der Waals surface area (Å²) in [6.45, 7) is 7.84. The van der Waals surface area contributed by atoms with Crippen molar-refractivity contribution in [1.82, 2.24) is 4.90 Å². The molecule has 2 unspecified atom stereocenters. The van der Waals surface area contributed by atoms with Gasteiger partial charge in [0, 0.05) is 18.5 Å². The highest BCUT2D eigenvalue weighted by Gasteiger charge is 2.45. The summed E-state index contributed by atoms with van der Waals surface area (Å²) < 4.78 is 0. The molecular weight excluding hydrogens is 270 g/mol. The van der Waals surface area contributed by atoms with Crippen molar-refractivity contribution in [3.05, 3.63) is 41.5 Å². The second kappa shape index (κ2) is 6.45. The highest BCUT2D eigenvalue weighted by Crippen LogP contribution is 2.49. The fourth-order valence-corrected chi connectivity index (χ4v) is 4.48. The number of fused-ring (bicyclic) bond motifs is 1. The van der Waals surface area contributed by atoms with Gasteiger partial charge in [0.2, 0.25) is 0 Å². The zero-order chi connectivity index (χ0) is 15.6. The van der Waals surface area contributed by atoms with Gasteiger partial charge in [-0.2, -0.15) is 0 Å². The first-order valence-electron chi connectivity index (χ1n) is 8.75. The van der Waals surface area contributed by atoms with Gasteiger partial charge < -0.3 is 5.11 Å². The monoisotopic (exact) mass is 299 g/mol. The molecule has 0 spiro atoms. The summed E-state index contributed by atoms with van der Waals surface area (Å²) in [6.07, 6.45) is 8.91. The molecule has 0 radical (unpaired) electrons. The first-order valence-corrected chi connectivity index (χ1v) is 8.75.